The minimum Gasteiger partial charge on any atom is -0.285 e. The second-order valence-corrected chi connectivity index (χ2v) is 9.00. The van der Waals surface area contributed by atoms with Gasteiger partial charge in [-0.2, -0.15) is 0 Å². The topological polar surface area (TPSA) is 76.3 Å². The van der Waals surface area contributed by atoms with Gasteiger partial charge in [-0.3, -0.25) is 14.0 Å². The third-order valence-corrected chi connectivity index (χ3v) is 5.47. The lowest BCUT2D eigenvalue weighted by atomic mass is 10.1. The van der Waals surface area contributed by atoms with Crippen molar-refractivity contribution in [3.05, 3.63) is 51.7 Å². The maximum atomic E-state index is 12.8. The molecule has 2 aromatic rings. The first-order chi connectivity index (χ1) is 12.2. The van der Waals surface area contributed by atoms with E-state index < -0.39 is 10.0 Å². The molecule has 1 saturated heterocycles. The molecule has 1 fully saturated rings. The highest BCUT2D eigenvalue weighted by Gasteiger charge is 2.23. The van der Waals surface area contributed by atoms with Crippen molar-refractivity contribution in [1.82, 2.24) is 18.8 Å². The first-order valence-electron chi connectivity index (χ1n) is 8.47. The molecule has 0 saturated carbocycles. The fourth-order valence-corrected chi connectivity index (χ4v) is 4.35. The van der Waals surface area contributed by atoms with Gasteiger partial charge < -0.3 is 0 Å². The van der Waals surface area contributed by atoms with Crippen molar-refractivity contribution in [2.75, 3.05) is 19.3 Å². The highest BCUT2D eigenvalue weighted by Crippen LogP contribution is 2.15. The largest absolute Gasteiger partial charge is 0.334 e. The van der Waals surface area contributed by atoms with Crippen molar-refractivity contribution >= 4 is 21.6 Å². The van der Waals surface area contributed by atoms with Crippen molar-refractivity contribution in [3.63, 3.8) is 0 Å². The molecule has 1 aliphatic rings. The first kappa shape index (κ1) is 19.2. The van der Waals surface area contributed by atoms with E-state index in [-0.39, 0.29) is 11.7 Å². The first-order valence-corrected chi connectivity index (χ1v) is 10.7. The van der Waals surface area contributed by atoms with Gasteiger partial charge in [-0.25, -0.2) is 17.9 Å². The lowest BCUT2D eigenvalue weighted by Gasteiger charge is -2.32. The predicted molar refractivity (Wildman–Crippen MR) is 102 cm³/mol. The standard InChI is InChI=1S/C17H23ClN4O3S/c1-13-10-21(17(23)22(13)16-7-5-14(18)6-8-16)12-20-9-3-4-15(11-20)19-26(2,24)25/h5-8,10,15,19H,3-4,9,11-12H2,1-2H3. The van der Waals surface area contributed by atoms with Crippen LogP contribution >= 0.6 is 11.6 Å². The van der Waals surface area contributed by atoms with Gasteiger partial charge in [0.1, 0.15) is 0 Å². The van der Waals surface area contributed by atoms with Gasteiger partial charge in [0.25, 0.3) is 0 Å². The molecule has 1 unspecified atom stereocenters. The summed E-state index contributed by atoms with van der Waals surface area (Å²) in [6, 6.07) is 7.02. The van der Waals surface area contributed by atoms with E-state index in [9.17, 15) is 13.2 Å². The van der Waals surface area contributed by atoms with Crippen LogP contribution in [0.1, 0.15) is 18.5 Å². The number of hydrogen-bond donors (Lipinski definition) is 1. The lowest BCUT2D eigenvalue weighted by molar-refractivity contribution is 0.159. The van der Waals surface area contributed by atoms with Gasteiger partial charge in [0.2, 0.25) is 10.0 Å². The minimum atomic E-state index is -3.23. The summed E-state index contributed by atoms with van der Waals surface area (Å²) in [6.45, 7) is 3.74. The summed E-state index contributed by atoms with van der Waals surface area (Å²) in [5.41, 5.74) is 1.48. The third kappa shape index (κ3) is 4.56. The Morgan fingerprint density at radius 3 is 2.62 bits per heavy atom. The summed E-state index contributed by atoms with van der Waals surface area (Å²) in [7, 11) is -3.23. The molecule has 7 nitrogen and oxygen atoms in total. The SMILES string of the molecule is Cc1cn(CN2CCCC(NS(C)(=O)=O)C2)c(=O)n1-c1ccc(Cl)cc1. The van der Waals surface area contributed by atoms with E-state index in [1.54, 1.807) is 21.3 Å². The lowest BCUT2D eigenvalue weighted by Crippen LogP contribution is -2.48. The molecule has 0 aliphatic carbocycles. The quantitative estimate of drug-likeness (QED) is 0.829. The number of aromatic nitrogens is 2. The molecular weight excluding hydrogens is 376 g/mol. The highest BCUT2D eigenvalue weighted by molar-refractivity contribution is 7.88. The molecule has 9 heteroatoms. The monoisotopic (exact) mass is 398 g/mol. The molecule has 1 atom stereocenters. The van der Waals surface area contributed by atoms with Crippen molar-refractivity contribution in [1.29, 1.82) is 0 Å². The van der Waals surface area contributed by atoms with Gasteiger partial charge in [-0.05, 0) is 50.6 Å². The van der Waals surface area contributed by atoms with E-state index in [1.165, 1.54) is 6.26 Å². The van der Waals surface area contributed by atoms with Crippen LogP contribution in [0.25, 0.3) is 5.69 Å². The van der Waals surface area contributed by atoms with E-state index in [1.807, 2.05) is 25.3 Å². The van der Waals surface area contributed by atoms with Crippen molar-refractivity contribution in [2.24, 2.45) is 0 Å². The summed E-state index contributed by atoms with van der Waals surface area (Å²) >= 11 is 5.92. The van der Waals surface area contributed by atoms with Crippen LogP contribution in [0, 0.1) is 6.92 Å². The van der Waals surface area contributed by atoms with Gasteiger partial charge in [0, 0.05) is 29.5 Å². The average Bonchev–Trinajstić information content (AvgIpc) is 2.81. The molecule has 1 aliphatic heterocycles. The molecule has 142 valence electrons. The van der Waals surface area contributed by atoms with Crippen molar-refractivity contribution in [2.45, 2.75) is 32.5 Å². The van der Waals surface area contributed by atoms with Crippen LogP contribution in [-0.2, 0) is 16.7 Å². The van der Waals surface area contributed by atoms with Crippen LogP contribution < -0.4 is 10.4 Å². The summed E-state index contributed by atoms with van der Waals surface area (Å²) in [5, 5.41) is 0.622. The van der Waals surface area contributed by atoms with Crippen LogP contribution in [0.2, 0.25) is 5.02 Å². The van der Waals surface area contributed by atoms with Crippen molar-refractivity contribution < 1.29 is 8.42 Å². The Morgan fingerprint density at radius 1 is 1.27 bits per heavy atom. The number of benzene rings is 1. The molecule has 26 heavy (non-hydrogen) atoms. The zero-order valence-electron chi connectivity index (χ0n) is 14.9. The Labute approximate surface area is 158 Å². The number of sulfonamides is 1. The van der Waals surface area contributed by atoms with E-state index in [0.717, 1.165) is 30.8 Å². The summed E-state index contributed by atoms with van der Waals surface area (Å²) < 4.78 is 28.9. The second-order valence-electron chi connectivity index (χ2n) is 6.78. The molecule has 0 radical (unpaired) electrons. The van der Waals surface area contributed by atoms with Crippen molar-refractivity contribution in [3.8, 4) is 5.69 Å². The number of likely N-dealkylation sites (tertiary alicyclic amines) is 1. The number of piperidine rings is 1. The maximum Gasteiger partial charge on any atom is 0.334 e. The van der Waals surface area contributed by atoms with E-state index in [0.29, 0.717) is 18.2 Å². The Hall–Kier alpha value is -1.61. The molecule has 1 aromatic heterocycles. The van der Waals surface area contributed by atoms with Gasteiger partial charge in [0.05, 0.1) is 18.6 Å². The smallest absolute Gasteiger partial charge is 0.285 e. The third-order valence-electron chi connectivity index (χ3n) is 4.46. The fourth-order valence-electron chi connectivity index (χ4n) is 3.42. The Kier molecular flexibility index (Phi) is 5.57. The van der Waals surface area contributed by atoms with E-state index in [2.05, 4.69) is 9.62 Å². The van der Waals surface area contributed by atoms with Gasteiger partial charge in [-0.15, -0.1) is 0 Å². The Bertz CT molecular complexity index is 934. The molecule has 1 N–H and O–H groups in total. The van der Waals surface area contributed by atoms with Gasteiger partial charge >= 0.3 is 5.69 Å². The normalized spacial score (nSPS) is 19.0. The van der Waals surface area contributed by atoms with Crippen LogP contribution in [0.15, 0.2) is 35.3 Å². The molecule has 0 amide bonds. The molecule has 0 bridgehead atoms. The minimum absolute atomic E-state index is 0.117. The molecule has 3 rings (SSSR count). The molecular formula is C17H23ClN4O3S. The number of rotatable bonds is 5. The number of hydrogen-bond acceptors (Lipinski definition) is 4. The zero-order chi connectivity index (χ0) is 18.9. The second kappa shape index (κ2) is 7.56. The predicted octanol–water partition coefficient (Wildman–Crippen LogP) is 1.57. The van der Waals surface area contributed by atoms with E-state index >= 15 is 0 Å². The van der Waals surface area contributed by atoms with Crippen LogP contribution in [0.4, 0.5) is 0 Å². The van der Waals surface area contributed by atoms with Crippen LogP contribution in [0.5, 0.6) is 0 Å². The van der Waals surface area contributed by atoms with E-state index in [4.69, 9.17) is 11.6 Å². The summed E-state index contributed by atoms with van der Waals surface area (Å²) in [5.74, 6) is 0. The zero-order valence-corrected chi connectivity index (χ0v) is 16.4. The van der Waals surface area contributed by atoms with Crippen LogP contribution in [-0.4, -0.2) is 47.8 Å². The Morgan fingerprint density at radius 2 is 1.96 bits per heavy atom. The molecule has 1 aromatic carbocycles. The van der Waals surface area contributed by atoms with Crippen LogP contribution in [0.3, 0.4) is 0 Å². The number of nitrogens with zero attached hydrogens (tertiary/aromatic N) is 3. The number of halogens is 1. The number of nitrogens with one attached hydrogen (secondary N) is 1. The molecule has 0 spiro atoms. The van der Waals surface area contributed by atoms with Gasteiger partial charge in [0.15, 0.2) is 0 Å². The Balaban J connectivity index is 1.77. The summed E-state index contributed by atoms with van der Waals surface area (Å²) in [6.07, 6.45) is 4.69. The summed E-state index contributed by atoms with van der Waals surface area (Å²) in [4.78, 5) is 14.9. The number of aryl methyl sites for hydroxylation is 1. The maximum absolute atomic E-state index is 12.8. The van der Waals surface area contributed by atoms with Gasteiger partial charge in [-0.1, -0.05) is 11.6 Å². The molecule has 2 heterocycles. The number of imidazole rings is 1. The fraction of sp³-hybridized carbons (Fsp3) is 0.471. The highest BCUT2D eigenvalue weighted by atomic mass is 35.5. The average molecular weight is 399 g/mol.